The molecule has 0 saturated carbocycles. The number of nitrogens with zero attached hydrogens (tertiary/aromatic N) is 3. The summed E-state index contributed by atoms with van der Waals surface area (Å²) in [7, 11) is 1.74. The lowest BCUT2D eigenvalue weighted by atomic mass is 9.92. The largest absolute Gasteiger partial charge is 0.385 e. The quantitative estimate of drug-likeness (QED) is 0.322. The number of rotatable bonds is 11. The van der Waals surface area contributed by atoms with Crippen LogP contribution in [0.15, 0.2) is 4.99 Å². The highest BCUT2D eigenvalue weighted by molar-refractivity contribution is 5.80. The highest BCUT2D eigenvalue weighted by atomic mass is 16.5. The van der Waals surface area contributed by atoms with Crippen LogP contribution in [0.4, 0.5) is 0 Å². The Kier molecular flexibility index (Phi) is 12.0. The van der Waals surface area contributed by atoms with Crippen molar-refractivity contribution >= 4 is 5.96 Å². The zero-order valence-electron chi connectivity index (χ0n) is 19.5. The number of unbranched alkanes of at least 4 members (excludes halogenated alkanes) is 1. The summed E-state index contributed by atoms with van der Waals surface area (Å²) < 4.78 is 11.1. The molecule has 0 aliphatic carbocycles. The monoisotopic (exact) mass is 410 g/mol. The van der Waals surface area contributed by atoms with Crippen molar-refractivity contribution in [3.8, 4) is 0 Å². The number of aliphatic imine (C=N–C) groups is 1. The Hall–Kier alpha value is -0.850. The van der Waals surface area contributed by atoms with Gasteiger partial charge in [0.15, 0.2) is 5.96 Å². The number of guanidine groups is 1. The summed E-state index contributed by atoms with van der Waals surface area (Å²) in [5.41, 5.74) is 0. The average molecular weight is 411 g/mol. The maximum atomic E-state index is 5.99. The van der Waals surface area contributed by atoms with Gasteiger partial charge in [0, 0.05) is 59.6 Å². The SMILES string of the molecule is CCNC(=NCCCCN1CC(C)CC(C)C1)N1CCC(OCCCOC)CC1. The minimum atomic E-state index is 0.389. The van der Waals surface area contributed by atoms with Crippen molar-refractivity contribution < 1.29 is 9.47 Å². The van der Waals surface area contributed by atoms with Crippen molar-refractivity contribution in [2.45, 2.75) is 65.4 Å². The molecule has 2 rings (SSSR count). The van der Waals surface area contributed by atoms with Crippen LogP contribution in [0.2, 0.25) is 0 Å². The fourth-order valence-electron chi connectivity index (χ4n) is 4.72. The third-order valence-electron chi connectivity index (χ3n) is 6.01. The zero-order chi connectivity index (χ0) is 20.9. The van der Waals surface area contributed by atoms with Gasteiger partial charge in [-0.3, -0.25) is 4.99 Å². The number of piperidine rings is 2. The number of likely N-dealkylation sites (tertiary alicyclic amines) is 2. The first kappa shape index (κ1) is 24.4. The van der Waals surface area contributed by atoms with Crippen molar-refractivity contribution in [2.75, 3.05) is 66.1 Å². The van der Waals surface area contributed by atoms with E-state index in [-0.39, 0.29) is 0 Å². The van der Waals surface area contributed by atoms with E-state index in [1.807, 2.05) is 0 Å². The van der Waals surface area contributed by atoms with Crippen LogP contribution in [-0.2, 0) is 9.47 Å². The Labute approximate surface area is 179 Å². The number of nitrogens with one attached hydrogen (secondary N) is 1. The second-order valence-electron chi connectivity index (χ2n) is 9.05. The summed E-state index contributed by atoms with van der Waals surface area (Å²) in [4.78, 5) is 9.98. The first-order valence-corrected chi connectivity index (χ1v) is 12.0. The molecule has 6 nitrogen and oxygen atoms in total. The van der Waals surface area contributed by atoms with Gasteiger partial charge in [0.05, 0.1) is 6.10 Å². The van der Waals surface area contributed by atoms with Gasteiger partial charge in [0.25, 0.3) is 0 Å². The van der Waals surface area contributed by atoms with E-state index < -0.39 is 0 Å². The summed E-state index contributed by atoms with van der Waals surface area (Å²) in [6.07, 6.45) is 7.36. The van der Waals surface area contributed by atoms with Crippen LogP contribution in [0.1, 0.15) is 59.3 Å². The summed E-state index contributed by atoms with van der Waals surface area (Å²) in [6.45, 7) is 16.2. The molecule has 2 fully saturated rings. The lowest BCUT2D eigenvalue weighted by Crippen LogP contribution is -2.47. The van der Waals surface area contributed by atoms with Crippen LogP contribution < -0.4 is 5.32 Å². The van der Waals surface area contributed by atoms with Crippen LogP contribution in [0.25, 0.3) is 0 Å². The summed E-state index contributed by atoms with van der Waals surface area (Å²) in [5.74, 6) is 2.79. The van der Waals surface area contributed by atoms with Gasteiger partial charge in [0.1, 0.15) is 0 Å². The fourth-order valence-corrected chi connectivity index (χ4v) is 4.72. The van der Waals surface area contributed by atoms with Crippen LogP contribution >= 0.6 is 0 Å². The molecule has 1 N–H and O–H groups in total. The Morgan fingerprint density at radius 1 is 1.03 bits per heavy atom. The van der Waals surface area contributed by atoms with Crippen LogP contribution in [0, 0.1) is 11.8 Å². The molecule has 0 aromatic rings. The molecule has 6 heteroatoms. The summed E-state index contributed by atoms with van der Waals surface area (Å²) in [6, 6.07) is 0. The van der Waals surface area contributed by atoms with Gasteiger partial charge in [-0.05, 0) is 63.8 Å². The average Bonchev–Trinajstić information content (AvgIpc) is 2.70. The minimum Gasteiger partial charge on any atom is -0.385 e. The minimum absolute atomic E-state index is 0.389. The van der Waals surface area contributed by atoms with Crippen molar-refractivity contribution in [3.63, 3.8) is 0 Å². The van der Waals surface area contributed by atoms with Crippen LogP contribution in [0.3, 0.4) is 0 Å². The van der Waals surface area contributed by atoms with E-state index in [0.717, 1.165) is 76.5 Å². The molecule has 2 aliphatic heterocycles. The Bertz CT molecular complexity index is 442. The summed E-state index contributed by atoms with van der Waals surface area (Å²) >= 11 is 0. The molecule has 0 radical (unpaired) electrons. The van der Waals surface area contributed by atoms with Gasteiger partial charge in [-0.1, -0.05) is 13.8 Å². The third-order valence-corrected chi connectivity index (χ3v) is 6.01. The third kappa shape index (κ3) is 9.67. The molecule has 0 spiro atoms. The van der Waals surface area contributed by atoms with Gasteiger partial charge in [-0.25, -0.2) is 0 Å². The molecule has 2 heterocycles. The van der Waals surface area contributed by atoms with E-state index in [4.69, 9.17) is 14.5 Å². The maximum absolute atomic E-state index is 5.99. The predicted molar refractivity (Wildman–Crippen MR) is 122 cm³/mol. The second kappa shape index (κ2) is 14.2. The van der Waals surface area contributed by atoms with E-state index >= 15 is 0 Å². The van der Waals surface area contributed by atoms with Gasteiger partial charge < -0.3 is 24.6 Å². The molecule has 0 bridgehead atoms. The highest BCUT2D eigenvalue weighted by Crippen LogP contribution is 2.21. The number of ether oxygens (including phenoxy) is 2. The molecule has 2 atom stereocenters. The van der Waals surface area contributed by atoms with Gasteiger partial charge >= 0.3 is 0 Å². The van der Waals surface area contributed by atoms with E-state index in [9.17, 15) is 0 Å². The summed E-state index contributed by atoms with van der Waals surface area (Å²) in [5, 5.41) is 3.49. The van der Waals surface area contributed by atoms with E-state index in [0.29, 0.717) is 6.10 Å². The normalized spacial score (nSPS) is 24.8. The first-order chi connectivity index (χ1) is 14.1. The predicted octanol–water partition coefficient (Wildman–Crippen LogP) is 3.23. The number of hydrogen-bond donors (Lipinski definition) is 1. The van der Waals surface area contributed by atoms with Crippen molar-refractivity contribution in [1.29, 1.82) is 0 Å². The molecule has 0 aromatic heterocycles. The van der Waals surface area contributed by atoms with Gasteiger partial charge in [0.2, 0.25) is 0 Å². The standard InChI is InChI=1S/C23H46N4O2/c1-5-24-23(27-13-9-22(10-14-27)29-16-8-15-28-4)25-11-6-7-12-26-18-20(2)17-21(3)19-26/h20-22H,5-19H2,1-4H3,(H,24,25). The second-order valence-corrected chi connectivity index (χ2v) is 9.05. The van der Waals surface area contributed by atoms with Gasteiger partial charge in [-0.2, -0.15) is 0 Å². The molecule has 2 saturated heterocycles. The lowest BCUT2D eigenvalue weighted by molar-refractivity contribution is 0.00990. The Balaban J connectivity index is 1.65. The molecular formula is C23H46N4O2. The Morgan fingerprint density at radius 2 is 1.76 bits per heavy atom. The highest BCUT2D eigenvalue weighted by Gasteiger charge is 2.22. The van der Waals surface area contributed by atoms with E-state index in [1.165, 1.54) is 38.9 Å². The van der Waals surface area contributed by atoms with Crippen LogP contribution in [0.5, 0.6) is 0 Å². The van der Waals surface area contributed by atoms with Crippen molar-refractivity contribution in [2.24, 2.45) is 16.8 Å². The Morgan fingerprint density at radius 3 is 2.41 bits per heavy atom. The first-order valence-electron chi connectivity index (χ1n) is 12.0. The molecule has 2 unspecified atom stereocenters. The smallest absolute Gasteiger partial charge is 0.193 e. The van der Waals surface area contributed by atoms with Crippen molar-refractivity contribution in [1.82, 2.24) is 15.1 Å². The van der Waals surface area contributed by atoms with Crippen molar-refractivity contribution in [3.05, 3.63) is 0 Å². The molecule has 0 amide bonds. The number of methoxy groups -OCH3 is 1. The lowest BCUT2D eigenvalue weighted by Gasteiger charge is -2.35. The molecule has 29 heavy (non-hydrogen) atoms. The molecule has 2 aliphatic rings. The van der Waals surface area contributed by atoms with Crippen LogP contribution in [-0.4, -0.2) is 88.0 Å². The molecule has 170 valence electrons. The van der Waals surface area contributed by atoms with E-state index in [1.54, 1.807) is 7.11 Å². The molecule has 0 aromatic carbocycles. The molecular weight excluding hydrogens is 364 g/mol. The fraction of sp³-hybridized carbons (Fsp3) is 0.957. The van der Waals surface area contributed by atoms with E-state index in [2.05, 4.69) is 35.9 Å². The maximum Gasteiger partial charge on any atom is 0.193 e. The van der Waals surface area contributed by atoms with Gasteiger partial charge in [-0.15, -0.1) is 0 Å². The number of hydrogen-bond acceptors (Lipinski definition) is 4. The topological polar surface area (TPSA) is 49.3 Å². The zero-order valence-corrected chi connectivity index (χ0v) is 19.5.